The molecule has 4 heteroatoms. The second-order valence-electron chi connectivity index (χ2n) is 5.83. The highest BCUT2D eigenvalue weighted by molar-refractivity contribution is 5.85. The topological polar surface area (TPSA) is 41.1 Å². The van der Waals surface area contributed by atoms with Gasteiger partial charge >= 0.3 is 0 Å². The van der Waals surface area contributed by atoms with Crippen LogP contribution in [0.5, 0.6) is 0 Å². The first-order valence-corrected chi connectivity index (χ1v) is 7.38. The van der Waals surface area contributed by atoms with Crippen LogP contribution in [-0.2, 0) is 10.3 Å². The van der Waals surface area contributed by atoms with E-state index in [2.05, 4.69) is 34.9 Å². The van der Waals surface area contributed by atoms with Gasteiger partial charge in [0, 0.05) is 6.54 Å². The number of benzene rings is 1. The van der Waals surface area contributed by atoms with E-state index < -0.39 is 0 Å². The molecule has 2 aliphatic rings. The molecule has 1 aliphatic heterocycles. The molecule has 1 saturated carbocycles. The summed E-state index contributed by atoms with van der Waals surface area (Å²) in [6.07, 6.45) is 5.53. The van der Waals surface area contributed by atoms with Crippen LogP contribution in [0, 0.1) is 5.92 Å². The summed E-state index contributed by atoms with van der Waals surface area (Å²) in [5.41, 5.74) is 1.16. The summed E-state index contributed by atoms with van der Waals surface area (Å²) in [5.74, 6) is 0.386. The predicted molar refractivity (Wildman–Crippen MR) is 83.0 cm³/mol. The molecule has 1 aromatic rings. The highest BCUT2D eigenvalue weighted by atomic mass is 35.5. The van der Waals surface area contributed by atoms with Gasteiger partial charge in [0.2, 0.25) is 5.91 Å². The number of carbonyl (C=O) groups is 1. The molecule has 1 aliphatic carbocycles. The van der Waals surface area contributed by atoms with Crippen molar-refractivity contribution in [2.24, 2.45) is 5.92 Å². The predicted octanol–water partition coefficient (Wildman–Crippen LogP) is 2.60. The van der Waals surface area contributed by atoms with Crippen LogP contribution in [0.3, 0.4) is 0 Å². The minimum absolute atomic E-state index is 0. The molecule has 1 saturated heterocycles. The number of amides is 1. The van der Waals surface area contributed by atoms with E-state index in [9.17, 15) is 4.79 Å². The van der Waals surface area contributed by atoms with Crippen LogP contribution in [0.2, 0.25) is 0 Å². The van der Waals surface area contributed by atoms with Gasteiger partial charge < -0.3 is 10.6 Å². The fraction of sp³-hybridized carbons (Fsp3) is 0.562. The summed E-state index contributed by atoms with van der Waals surface area (Å²) in [6.45, 7) is 1.80. The molecule has 1 amide bonds. The summed E-state index contributed by atoms with van der Waals surface area (Å²) in [5, 5.41) is 6.64. The lowest BCUT2D eigenvalue weighted by Crippen LogP contribution is -2.46. The van der Waals surface area contributed by atoms with E-state index in [1.807, 2.05) is 6.07 Å². The fourth-order valence-electron chi connectivity index (χ4n) is 3.44. The molecule has 0 radical (unpaired) electrons. The first-order valence-electron chi connectivity index (χ1n) is 7.38. The number of hydrogen-bond acceptors (Lipinski definition) is 2. The molecule has 0 aromatic heterocycles. The van der Waals surface area contributed by atoms with Gasteiger partial charge in [-0.1, -0.05) is 43.2 Å². The molecule has 110 valence electrons. The minimum Gasteiger partial charge on any atom is -0.346 e. The second-order valence-corrected chi connectivity index (χ2v) is 5.83. The molecule has 1 atom stereocenters. The van der Waals surface area contributed by atoms with E-state index in [1.54, 1.807) is 0 Å². The van der Waals surface area contributed by atoms with E-state index in [1.165, 1.54) is 18.4 Å². The molecule has 0 bridgehead atoms. The van der Waals surface area contributed by atoms with Crippen molar-refractivity contribution in [2.45, 2.75) is 37.6 Å². The fourth-order valence-corrected chi connectivity index (χ4v) is 3.44. The lowest BCUT2D eigenvalue weighted by molar-refractivity contribution is -0.126. The third-order valence-corrected chi connectivity index (χ3v) is 4.58. The number of carbonyl (C=O) groups excluding carboxylic acids is 1. The van der Waals surface area contributed by atoms with E-state index in [4.69, 9.17) is 0 Å². The van der Waals surface area contributed by atoms with Gasteiger partial charge in [0.15, 0.2) is 0 Å². The van der Waals surface area contributed by atoms with Crippen LogP contribution < -0.4 is 10.6 Å². The van der Waals surface area contributed by atoms with Crippen molar-refractivity contribution >= 4 is 18.3 Å². The van der Waals surface area contributed by atoms with Crippen LogP contribution in [0.25, 0.3) is 0 Å². The molecule has 1 aromatic carbocycles. The van der Waals surface area contributed by atoms with Crippen LogP contribution in [0.15, 0.2) is 30.3 Å². The monoisotopic (exact) mass is 294 g/mol. The average molecular weight is 295 g/mol. The van der Waals surface area contributed by atoms with Crippen molar-refractivity contribution in [2.75, 3.05) is 13.1 Å². The first kappa shape index (κ1) is 15.3. The Hall–Kier alpha value is -1.06. The third kappa shape index (κ3) is 2.99. The zero-order valence-corrected chi connectivity index (χ0v) is 12.5. The van der Waals surface area contributed by atoms with Crippen LogP contribution >= 0.6 is 12.4 Å². The molecule has 2 N–H and O–H groups in total. The van der Waals surface area contributed by atoms with E-state index in [0.29, 0.717) is 0 Å². The number of nitrogens with one attached hydrogen (secondary N) is 2. The van der Waals surface area contributed by atoms with E-state index >= 15 is 0 Å². The lowest BCUT2D eigenvalue weighted by Gasteiger charge is -2.32. The molecule has 2 fully saturated rings. The van der Waals surface area contributed by atoms with Crippen LogP contribution in [0.1, 0.15) is 37.7 Å². The van der Waals surface area contributed by atoms with Gasteiger partial charge in [0.1, 0.15) is 0 Å². The Bertz CT molecular complexity index is 437. The van der Waals surface area contributed by atoms with Gasteiger partial charge in [0.25, 0.3) is 0 Å². The van der Waals surface area contributed by atoms with Gasteiger partial charge in [-0.05, 0) is 31.4 Å². The summed E-state index contributed by atoms with van der Waals surface area (Å²) < 4.78 is 0. The Labute approximate surface area is 126 Å². The van der Waals surface area contributed by atoms with E-state index in [0.717, 1.165) is 32.4 Å². The second kappa shape index (κ2) is 6.59. The summed E-state index contributed by atoms with van der Waals surface area (Å²) >= 11 is 0. The normalized spacial score (nSPS) is 24.1. The standard InChI is InChI=1S/C16H22N2O.ClH/c19-15(13-8-11-17-12-13)18-16(9-4-5-10-16)14-6-2-1-3-7-14;/h1-3,6-7,13,17H,4-5,8-12H2,(H,18,19);1H. The zero-order valence-electron chi connectivity index (χ0n) is 11.7. The molecule has 20 heavy (non-hydrogen) atoms. The SMILES string of the molecule is Cl.O=C(NC1(c2ccccc2)CCCC1)C1CCNC1. The van der Waals surface area contributed by atoms with Crippen molar-refractivity contribution < 1.29 is 4.79 Å². The summed E-state index contributed by atoms with van der Waals surface area (Å²) in [7, 11) is 0. The Kier molecular flexibility index (Phi) is 5.06. The van der Waals surface area contributed by atoms with Crippen molar-refractivity contribution in [1.82, 2.24) is 10.6 Å². The number of hydrogen-bond donors (Lipinski definition) is 2. The Morgan fingerprint density at radius 3 is 2.50 bits per heavy atom. The van der Waals surface area contributed by atoms with Crippen LogP contribution in [-0.4, -0.2) is 19.0 Å². The molecular formula is C16H23ClN2O. The molecular weight excluding hydrogens is 272 g/mol. The quantitative estimate of drug-likeness (QED) is 0.900. The average Bonchev–Trinajstić information content (AvgIpc) is 3.11. The van der Waals surface area contributed by atoms with Crippen molar-refractivity contribution in [3.63, 3.8) is 0 Å². The Morgan fingerprint density at radius 2 is 1.90 bits per heavy atom. The van der Waals surface area contributed by atoms with Crippen LogP contribution in [0.4, 0.5) is 0 Å². The Morgan fingerprint density at radius 1 is 1.20 bits per heavy atom. The van der Waals surface area contributed by atoms with Gasteiger partial charge in [-0.3, -0.25) is 4.79 Å². The van der Waals surface area contributed by atoms with E-state index in [-0.39, 0.29) is 29.8 Å². The molecule has 1 heterocycles. The highest BCUT2D eigenvalue weighted by Gasteiger charge is 2.38. The van der Waals surface area contributed by atoms with Gasteiger partial charge in [-0.25, -0.2) is 0 Å². The maximum Gasteiger partial charge on any atom is 0.225 e. The highest BCUT2D eigenvalue weighted by Crippen LogP contribution is 2.39. The van der Waals surface area contributed by atoms with Gasteiger partial charge in [-0.15, -0.1) is 12.4 Å². The third-order valence-electron chi connectivity index (χ3n) is 4.58. The number of halogens is 1. The maximum atomic E-state index is 12.4. The molecule has 3 nitrogen and oxygen atoms in total. The summed E-state index contributed by atoms with van der Waals surface area (Å²) in [4.78, 5) is 12.4. The summed E-state index contributed by atoms with van der Waals surface area (Å²) in [6, 6.07) is 10.5. The molecule has 0 spiro atoms. The van der Waals surface area contributed by atoms with Gasteiger partial charge in [-0.2, -0.15) is 0 Å². The smallest absolute Gasteiger partial charge is 0.225 e. The Balaban J connectivity index is 0.00000147. The minimum atomic E-state index is -0.110. The van der Waals surface area contributed by atoms with Crippen molar-refractivity contribution in [1.29, 1.82) is 0 Å². The van der Waals surface area contributed by atoms with Crippen molar-refractivity contribution in [3.05, 3.63) is 35.9 Å². The molecule has 3 rings (SSSR count). The lowest BCUT2D eigenvalue weighted by atomic mass is 9.87. The molecule has 1 unspecified atom stereocenters. The van der Waals surface area contributed by atoms with Crippen molar-refractivity contribution in [3.8, 4) is 0 Å². The largest absolute Gasteiger partial charge is 0.346 e. The zero-order chi connectivity index (χ0) is 13.1. The first-order chi connectivity index (χ1) is 9.30. The maximum absolute atomic E-state index is 12.4. The van der Waals surface area contributed by atoms with Gasteiger partial charge in [0.05, 0.1) is 11.5 Å². The number of rotatable bonds is 3.